The Labute approximate surface area is 128 Å². The van der Waals surface area contributed by atoms with Crippen molar-refractivity contribution < 1.29 is 18.7 Å². The number of aryl methyl sites for hydroxylation is 1. The van der Waals surface area contributed by atoms with Crippen molar-refractivity contribution in [3.63, 3.8) is 0 Å². The summed E-state index contributed by atoms with van der Waals surface area (Å²) in [6, 6.07) is 0. The summed E-state index contributed by atoms with van der Waals surface area (Å²) in [5, 5.41) is 0. The summed E-state index contributed by atoms with van der Waals surface area (Å²) in [4.78, 5) is 34.9. The first kappa shape index (κ1) is 17.1. The minimum atomic E-state index is -1.95. The van der Waals surface area contributed by atoms with Gasteiger partial charge in [-0.15, -0.1) is 0 Å². The third kappa shape index (κ3) is 4.34. The molecule has 122 valence electrons. The maximum atomic E-state index is 11.8. The summed E-state index contributed by atoms with van der Waals surface area (Å²) in [5.74, 6) is 0. The number of ether oxygens (including phenoxy) is 1. The first-order chi connectivity index (χ1) is 10.4. The highest BCUT2D eigenvalue weighted by molar-refractivity contribution is 7.40. The van der Waals surface area contributed by atoms with Crippen LogP contribution in [0.2, 0.25) is 0 Å². The lowest BCUT2D eigenvalue weighted by atomic mass is 10.3. The van der Waals surface area contributed by atoms with Crippen LogP contribution in [0.25, 0.3) is 0 Å². The smallest absolute Gasteiger partial charge is 0.330 e. The predicted molar refractivity (Wildman–Crippen MR) is 80.4 cm³/mol. The summed E-state index contributed by atoms with van der Waals surface area (Å²) in [6.45, 7) is 5.30. The highest BCUT2D eigenvalue weighted by Gasteiger charge is 2.23. The fourth-order valence-electron chi connectivity index (χ4n) is 1.87. The van der Waals surface area contributed by atoms with E-state index in [-0.39, 0.29) is 12.7 Å². The van der Waals surface area contributed by atoms with Crippen molar-refractivity contribution in [2.45, 2.75) is 39.2 Å². The van der Waals surface area contributed by atoms with Gasteiger partial charge in [-0.25, -0.2) is 4.79 Å². The lowest BCUT2D eigenvalue weighted by Gasteiger charge is -2.18. The summed E-state index contributed by atoms with van der Waals surface area (Å²) in [6.07, 6.45) is 3.71. The van der Waals surface area contributed by atoms with Gasteiger partial charge in [0.1, 0.15) is 6.10 Å². The molecule has 0 spiro atoms. The van der Waals surface area contributed by atoms with E-state index in [9.17, 15) is 14.5 Å². The van der Waals surface area contributed by atoms with Gasteiger partial charge in [-0.3, -0.25) is 14.3 Å². The second-order valence-electron chi connectivity index (χ2n) is 5.12. The minimum Gasteiger partial charge on any atom is -0.344 e. The van der Waals surface area contributed by atoms with Crippen LogP contribution in [-0.2, 0) is 13.8 Å². The molecule has 0 aromatic carbocycles. The van der Waals surface area contributed by atoms with Gasteiger partial charge in [-0.05, 0) is 26.8 Å². The van der Waals surface area contributed by atoms with E-state index in [1.54, 1.807) is 32.9 Å². The monoisotopic (exact) mass is 330 g/mol. The van der Waals surface area contributed by atoms with Crippen LogP contribution in [-0.4, -0.2) is 33.3 Å². The zero-order chi connectivity index (χ0) is 16.3. The Morgan fingerprint density at radius 1 is 1.45 bits per heavy atom. The van der Waals surface area contributed by atoms with Gasteiger partial charge >= 0.3 is 14.3 Å². The second kappa shape index (κ2) is 7.30. The number of rotatable bonds is 6. The quantitative estimate of drug-likeness (QED) is 0.595. The number of aromatic nitrogens is 2. The molecule has 1 aliphatic rings. The molecule has 0 amide bonds. The van der Waals surface area contributed by atoms with Crippen LogP contribution >= 0.6 is 8.60 Å². The van der Waals surface area contributed by atoms with Crippen molar-refractivity contribution in [3.05, 3.63) is 44.8 Å². The number of nitrogens with zero attached hydrogens (tertiary/aromatic N) is 1. The van der Waals surface area contributed by atoms with E-state index in [0.29, 0.717) is 5.56 Å². The van der Waals surface area contributed by atoms with Crippen LogP contribution < -0.4 is 11.2 Å². The van der Waals surface area contributed by atoms with Crippen molar-refractivity contribution in [2.75, 3.05) is 6.61 Å². The highest BCUT2D eigenvalue weighted by atomic mass is 31.2. The van der Waals surface area contributed by atoms with E-state index < -0.39 is 32.2 Å². The molecular formula is C13H19N2O6P. The second-order valence-corrected chi connectivity index (χ2v) is 6.06. The molecule has 1 aliphatic heterocycles. The first-order valence-electron chi connectivity index (χ1n) is 6.81. The zero-order valence-corrected chi connectivity index (χ0v) is 13.4. The van der Waals surface area contributed by atoms with Gasteiger partial charge < -0.3 is 18.7 Å². The first-order valence-corrected chi connectivity index (χ1v) is 7.94. The van der Waals surface area contributed by atoms with Crippen molar-refractivity contribution in [1.29, 1.82) is 0 Å². The van der Waals surface area contributed by atoms with Gasteiger partial charge in [0.15, 0.2) is 6.23 Å². The molecule has 22 heavy (non-hydrogen) atoms. The molecule has 8 nitrogen and oxygen atoms in total. The zero-order valence-electron chi connectivity index (χ0n) is 12.6. The van der Waals surface area contributed by atoms with Gasteiger partial charge in [-0.2, -0.15) is 0 Å². The number of hydrogen-bond acceptors (Lipinski definition) is 6. The fourth-order valence-corrected chi connectivity index (χ4v) is 2.56. The Balaban J connectivity index is 1.94. The molecule has 0 radical (unpaired) electrons. The average molecular weight is 330 g/mol. The van der Waals surface area contributed by atoms with E-state index >= 15 is 0 Å². The molecule has 3 atom stereocenters. The maximum Gasteiger partial charge on any atom is 0.330 e. The molecule has 1 aromatic rings. The van der Waals surface area contributed by atoms with Crippen LogP contribution in [0.3, 0.4) is 0 Å². The summed E-state index contributed by atoms with van der Waals surface area (Å²) < 4.78 is 17.2. The largest absolute Gasteiger partial charge is 0.344 e. The van der Waals surface area contributed by atoms with Crippen molar-refractivity contribution in [3.8, 4) is 0 Å². The van der Waals surface area contributed by atoms with E-state index in [1.807, 2.05) is 0 Å². The molecule has 2 N–H and O–H groups in total. The van der Waals surface area contributed by atoms with E-state index in [2.05, 4.69) is 4.98 Å². The lowest BCUT2D eigenvalue weighted by Crippen LogP contribution is -2.33. The molecule has 1 aromatic heterocycles. The summed E-state index contributed by atoms with van der Waals surface area (Å²) in [7, 11) is -1.95. The Kier molecular flexibility index (Phi) is 5.66. The Morgan fingerprint density at radius 2 is 2.18 bits per heavy atom. The molecule has 0 aliphatic carbocycles. The van der Waals surface area contributed by atoms with Gasteiger partial charge in [0.25, 0.3) is 5.56 Å². The maximum absolute atomic E-state index is 11.8. The number of H-pyrrole nitrogens is 1. The molecule has 0 saturated carbocycles. The molecule has 2 rings (SSSR count). The summed E-state index contributed by atoms with van der Waals surface area (Å²) >= 11 is 0. The van der Waals surface area contributed by atoms with Crippen molar-refractivity contribution in [1.82, 2.24) is 9.55 Å². The molecule has 9 heteroatoms. The minimum absolute atomic E-state index is 0.110. The van der Waals surface area contributed by atoms with Gasteiger partial charge in [0, 0.05) is 11.8 Å². The number of hydrogen-bond donors (Lipinski definition) is 2. The van der Waals surface area contributed by atoms with Crippen molar-refractivity contribution >= 4 is 8.60 Å². The van der Waals surface area contributed by atoms with E-state index in [4.69, 9.17) is 13.8 Å². The van der Waals surface area contributed by atoms with Crippen LogP contribution in [0.5, 0.6) is 0 Å². The van der Waals surface area contributed by atoms with Gasteiger partial charge in [0.05, 0.1) is 12.7 Å². The predicted octanol–water partition coefficient (Wildman–Crippen LogP) is 0.959. The molecule has 2 heterocycles. The van der Waals surface area contributed by atoms with Crippen LogP contribution in [0.4, 0.5) is 0 Å². The molecule has 1 unspecified atom stereocenters. The lowest BCUT2D eigenvalue weighted by molar-refractivity contribution is -0.00944. The van der Waals surface area contributed by atoms with E-state index in [1.165, 1.54) is 10.8 Å². The SMILES string of the molecule is Cc1cn([C@H]2C=C[C@@H](COP(O)OC(C)C)O2)c(=O)[nH]c1=O. The van der Waals surface area contributed by atoms with Crippen LogP contribution in [0.15, 0.2) is 27.9 Å². The third-order valence-corrected chi connectivity index (χ3v) is 3.85. The molecule has 0 bridgehead atoms. The van der Waals surface area contributed by atoms with Crippen molar-refractivity contribution in [2.24, 2.45) is 0 Å². The molecule has 0 saturated heterocycles. The highest BCUT2D eigenvalue weighted by Crippen LogP contribution is 2.35. The van der Waals surface area contributed by atoms with Crippen LogP contribution in [0.1, 0.15) is 25.6 Å². The average Bonchev–Trinajstić information content (AvgIpc) is 2.88. The van der Waals surface area contributed by atoms with E-state index in [0.717, 1.165) is 0 Å². The number of nitrogens with one attached hydrogen (secondary N) is 1. The van der Waals surface area contributed by atoms with Gasteiger partial charge in [0.2, 0.25) is 0 Å². The summed E-state index contributed by atoms with van der Waals surface area (Å²) in [5.41, 5.74) is -0.542. The Hall–Kier alpha value is -1.31. The Bertz CT molecular complexity index is 653. The molecular weight excluding hydrogens is 311 g/mol. The number of aromatic amines is 1. The normalized spacial score (nSPS) is 22.4. The third-order valence-electron chi connectivity index (χ3n) is 2.87. The molecule has 0 fully saturated rings. The Morgan fingerprint density at radius 3 is 2.86 bits per heavy atom. The topological polar surface area (TPSA) is 103 Å². The van der Waals surface area contributed by atoms with Crippen LogP contribution in [0, 0.1) is 6.92 Å². The van der Waals surface area contributed by atoms with Gasteiger partial charge in [-0.1, -0.05) is 6.08 Å². The standard InChI is InChI=1S/C13H19N2O6P/c1-8(2)21-22(18)19-7-10-4-5-11(20-10)15-6-9(3)12(16)14-13(15)17/h4-6,8,10-11,18H,7H2,1-3H3,(H,14,16,17)/t10-,11+,22?/m0/s1. The fraction of sp³-hybridized carbons (Fsp3) is 0.538.